The number of ether oxygens (including phenoxy) is 1. The third kappa shape index (κ3) is 8.93. The number of carbonyl (C=O) groups is 1. The summed E-state index contributed by atoms with van der Waals surface area (Å²) < 4.78 is 32.3. The van der Waals surface area contributed by atoms with Crippen molar-refractivity contribution in [3.8, 4) is 0 Å². The summed E-state index contributed by atoms with van der Waals surface area (Å²) in [5.41, 5.74) is -0.584. The lowest BCUT2D eigenvalue weighted by molar-refractivity contribution is 0.0479. The summed E-state index contributed by atoms with van der Waals surface area (Å²) in [6, 6.07) is -0.349. The molecule has 1 N–H and O–H groups in total. The number of hydrogen-bond donors (Lipinski definition) is 1. The van der Waals surface area contributed by atoms with E-state index in [1.54, 1.807) is 20.8 Å². The number of hydrogen-bond acceptors (Lipinski definition) is 5. The Labute approximate surface area is 127 Å². The molecule has 0 saturated heterocycles. The molecule has 0 bridgehead atoms. The van der Waals surface area contributed by atoms with Gasteiger partial charge in [-0.3, -0.25) is 4.18 Å². The zero-order valence-corrected chi connectivity index (χ0v) is 14.2. The predicted molar refractivity (Wildman–Crippen MR) is 80.5 cm³/mol. The first-order valence-electron chi connectivity index (χ1n) is 7.39. The van der Waals surface area contributed by atoms with Crippen molar-refractivity contribution in [2.45, 2.75) is 64.5 Å². The maximum Gasteiger partial charge on any atom is 0.407 e. The van der Waals surface area contributed by atoms with Crippen LogP contribution in [0.2, 0.25) is 0 Å². The van der Waals surface area contributed by atoms with Crippen molar-refractivity contribution >= 4 is 16.2 Å². The van der Waals surface area contributed by atoms with Gasteiger partial charge in [0.15, 0.2) is 0 Å². The van der Waals surface area contributed by atoms with Crippen molar-refractivity contribution in [3.63, 3.8) is 0 Å². The van der Waals surface area contributed by atoms with Crippen molar-refractivity contribution in [1.29, 1.82) is 0 Å². The molecule has 1 aliphatic rings. The monoisotopic (exact) mass is 321 g/mol. The molecule has 1 aliphatic carbocycles. The molecule has 1 rings (SSSR count). The van der Waals surface area contributed by atoms with Gasteiger partial charge in [0.2, 0.25) is 0 Å². The Morgan fingerprint density at radius 3 is 2.33 bits per heavy atom. The average Bonchev–Trinajstić information content (AvgIpc) is 2.74. The third-order valence-electron chi connectivity index (χ3n) is 3.30. The molecule has 1 fully saturated rings. The van der Waals surface area contributed by atoms with E-state index in [0.717, 1.165) is 25.5 Å². The molecule has 0 aromatic heterocycles. The molecule has 0 heterocycles. The van der Waals surface area contributed by atoms with Gasteiger partial charge in [-0.25, -0.2) is 4.79 Å². The van der Waals surface area contributed by atoms with Gasteiger partial charge in [0.25, 0.3) is 10.1 Å². The van der Waals surface area contributed by atoms with E-state index < -0.39 is 21.8 Å². The Bertz CT molecular complexity index is 435. The molecule has 0 aromatic rings. The van der Waals surface area contributed by atoms with Gasteiger partial charge in [-0.2, -0.15) is 8.42 Å². The van der Waals surface area contributed by atoms with Crippen molar-refractivity contribution < 1.29 is 22.1 Å². The summed E-state index contributed by atoms with van der Waals surface area (Å²) >= 11 is 0. The Morgan fingerprint density at radius 2 is 1.86 bits per heavy atom. The molecule has 7 heteroatoms. The van der Waals surface area contributed by atoms with Crippen LogP contribution in [0.1, 0.15) is 52.9 Å². The van der Waals surface area contributed by atoms with Crippen LogP contribution in [0.5, 0.6) is 0 Å². The molecule has 0 unspecified atom stereocenters. The molecule has 1 saturated carbocycles. The van der Waals surface area contributed by atoms with Gasteiger partial charge in [0, 0.05) is 0 Å². The first kappa shape index (κ1) is 18.2. The second-order valence-corrected chi connectivity index (χ2v) is 8.36. The number of nitrogens with one attached hydrogen (secondary N) is 1. The molecular formula is C14H27NO5S. The number of alkyl carbamates (subject to hydrolysis) is 1. The zero-order valence-electron chi connectivity index (χ0n) is 13.3. The van der Waals surface area contributed by atoms with Gasteiger partial charge in [0.05, 0.1) is 18.9 Å². The molecule has 6 nitrogen and oxygen atoms in total. The fraction of sp³-hybridized carbons (Fsp3) is 0.929. The maximum atomic E-state index is 11.8. The van der Waals surface area contributed by atoms with Crippen LogP contribution in [0.4, 0.5) is 4.79 Å². The van der Waals surface area contributed by atoms with Gasteiger partial charge >= 0.3 is 6.09 Å². The van der Waals surface area contributed by atoms with Crippen LogP contribution in [0.25, 0.3) is 0 Å². The smallest absolute Gasteiger partial charge is 0.407 e. The summed E-state index contributed by atoms with van der Waals surface area (Å²) in [6.45, 7) is 5.30. The molecule has 1 amide bonds. The number of carbonyl (C=O) groups excluding carboxylic acids is 1. The van der Waals surface area contributed by atoms with E-state index in [0.29, 0.717) is 5.92 Å². The van der Waals surface area contributed by atoms with Gasteiger partial charge in [-0.05, 0) is 33.1 Å². The fourth-order valence-electron chi connectivity index (χ4n) is 2.50. The lowest BCUT2D eigenvalue weighted by Gasteiger charge is -2.25. The molecule has 0 aromatic carbocycles. The second-order valence-electron chi connectivity index (χ2n) is 6.72. The van der Waals surface area contributed by atoms with Crippen molar-refractivity contribution in [3.05, 3.63) is 0 Å². The van der Waals surface area contributed by atoms with Crippen LogP contribution in [0, 0.1) is 5.92 Å². The van der Waals surface area contributed by atoms with Crippen LogP contribution in [-0.4, -0.2) is 39.0 Å². The lowest BCUT2D eigenvalue weighted by Crippen LogP contribution is -2.42. The minimum absolute atomic E-state index is 0.0470. The quantitative estimate of drug-likeness (QED) is 0.760. The average molecular weight is 321 g/mol. The minimum atomic E-state index is -3.52. The highest BCUT2D eigenvalue weighted by Gasteiger charge is 2.25. The van der Waals surface area contributed by atoms with Crippen LogP contribution >= 0.6 is 0 Å². The van der Waals surface area contributed by atoms with Crippen molar-refractivity contribution in [1.82, 2.24) is 5.32 Å². The van der Waals surface area contributed by atoms with E-state index in [-0.39, 0.29) is 12.6 Å². The first-order valence-corrected chi connectivity index (χ1v) is 9.21. The topological polar surface area (TPSA) is 81.7 Å². The lowest BCUT2D eigenvalue weighted by atomic mass is 9.99. The standard InChI is InChI=1S/C14H27NO5S/c1-14(2,3)20-13(16)15-12(10-19-21(4,17)18)9-11-7-5-6-8-11/h11-12H,5-10H2,1-4H3,(H,15,16)/t12-/m0/s1. The van der Waals surface area contributed by atoms with Crippen molar-refractivity contribution in [2.75, 3.05) is 12.9 Å². The summed E-state index contributed by atoms with van der Waals surface area (Å²) in [7, 11) is -3.52. The van der Waals surface area contributed by atoms with Crippen LogP contribution in [-0.2, 0) is 19.0 Å². The predicted octanol–water partition coefficient (Wildman–Crippen LogP) is 2.44. The minimum Gasteiger partial charge on any atom is -0.444 e. The van der Waals surface area contributed by atoms with Crippen LogP contribution in [0.15, 0.2) is 0 Å². The summed E-state index contributed by atoms with van der Waals surface area (Å²) in [4.78, 5) is 11.8. The second kappa shape index (κ2) is 7.45. The highest BCUT2D eigenvalue weighted by Crippen LogP contribution is 2.28. The van der Waals surface area contributed by atoms with E-state index in [9.17, 15) is 13.2 Å². The fourth-order valence-corrected chi connectivity index (χ4v) is 2.91. The van der Waals surface area contributed by atoms with Gasteiger partial charge in [-0.15, -0.1) is 0 Å². The van der Waals surface area contributed by atoms with E-state index in [1.165, 1.54) is 12.8 Å². The Balaban J connectivity index is 2.55. The Hall–Kier alpha value is -0.820. The highest BCUT2D eigenvalue weighted by atomic mass is 32.2. The number of rotatable bonds is 6. The molecular weight excluding hydrogens is 294 g/mol. The van der Waals surface area contributed by atoms with E-state index >= 15 is 0 Å². The zero-order chi connectivity index (χ0) is 16.1. The van der Waals surface area contributed by atoms with Gasteiger partial charge in [0.1, 0.15) is 5.60 Å². The summed E-state index contributed by atoms with van der Waals surface area (Å²) in [6.07, 6.45) is 5.80. The van der Waals surface area contributed by atoms with E-state index in [4.69, 9.17) is 8.92 Å². The molecule has 124 valence electrons. The highest BCUT2D eigenvalue weighted by molar-refractivity contribution is 7.85. The normalized spacial score (nSPS) is 18.5. The van der Waals surface area contributed by atoms with E-state index in [1.807, 2.05) is 0 Å². The molecule has 21 heavy (non-hydrogen) atoms. The SMILES string of the molecule is CC(C)(C)OC(=O)N[C@H](COS(C)(=O)=O)CC1CCCC1. The van der Waals surface area contributed by atoms with Crippen molar-refractivity contribution in [2.24, 2.45) is 5.92 Å². The molecule has 0 spiro atoms. The first-order chi connectivity index (χ1) is 9.55. The van der Waals surface area contributed by atoms with Crippen LogP contribution < -0.4 is 5.32 Å². The third-order valence-corrected chi connectivity index (χ3v) is 3.86. The largest absolute Gasteiger partial charge is 0.444 e. The Morgan fingerprint density at radius 1 is 1.29 bits per heavy atom. The Kier molecular flexibility index (Phi) is 6.46. The summed E-state index contributed by atoms with van der Waals surface area (Å²) in [5, 5.41) is 2.72. The van der Waals surface area contributed by atoms with E-state index in [2.05, 4.69) is 5.32 Å². The van der Waals surface area contributed by atoms with Crippen LogP contribution in [0.3, 0.4) is 0 Å². The molecule has 1 atom stereocenters. The molecule has 0 aliphatic heterocycles. The number of amides is 1. The summed E-state index contributed by atoms with van der Waals surface area (Å²) in [5.74, 6) is 0.507. The van der Waals surface area contributed by atoms with Gasteiger partial charge < -0.3 is 10.1 Å². The maximum absolute atomic E-state index is 11.8. The molecule has 0 radical (unpaired) electrons. The van der Waals surface area contributed by atoms with Gasteiger partial charge in [-0.1, -0.05) is 25.7 Å².